The Hall–Kier alpha value is -0.930. The molecule has 1 aromatic heterocycles. The van der Waals surface area contributed by atoms with Gasteiger partial charge in [-0.1, -0.05) is 18.2 Å². The van der Waals surface area contributed by atoms with E-state index in [0.717, 1.165) is 15.8 Å². The third kappa shape index (κ3) is 1.09. The summed E-state index contributed by atoms with van der Waals surface area (Å²) in [6.45, 7) is 0. The molecule has 1 atom stereocenters. The Morgan fingerprint density at radius 1 is 1.29 bits per heavy atom. The van der Waals surface area contributed by atoms with Crippen LogP contribution in [0.25, 0.3) is 16.2 Å². The number of rotatable bonds is 0. The van der Waals surface area contributed by atoms with E-state index in [2.05, 4.69) is 29.7 Å². The Labute approximate surface area is 88.5 Å². The molecule has 1 aliphatic heterocycles. The van der Waals surface area contributed by atoms with E-state index in [1.54, 1.807) is 11.3 Å². The zero-order valence-corrected chi connectivity index (χ0v) is 9.03. The molecule has 70 valence electrons. The molecule has 1 unspecified atom stereocenters. The lowest BCUT2D eigenvalue weighted by molar-refractivity contribution is 0.685. The van der Waals surface area contributed by atoms with Crippen LogP contribution < -0.4 is 0 Å². The highest BCUT2D eigenvalue weighted by molar-refractivity contribution is 7.85. The molecule has 3 heteroatoms. The molecule has 0 bridgehead atoms. The van der Waals surface area contributed by atoms with E-state index < -0.39 is 10.8 Å². The molecule has 0 amide bonds. The summed E-state index contributed by atoms with van der Waals surface area (Å²) in [7, 11) is -0.848. The number of benzene rings is 1. The maximum absolute atomic E-state index is 11.9. The second-order valence-corrected chi connectivity index (χ2v) is 5.61. The molecule has 1 nitrogen and oxygen atoms in total. The molecule has 0 fully saturated rings. The van der Waals surface area contributed by atoms with Gasteiger partial charge >= 0.3 is 0 Å². The summed E-state index contributed by atoms with van der Waals surface area (Å²) in [6.07, 6.45) is 4.05. The standard InChI is InChI=1S/C11H8OS2/c12-14-7-1-2-8-3-4-10-9(11(8)14)5-6-13-10/h1-6H,7H2. The van der Waals surface area contributed by atoms with Gasteiger partial charge in [-0.15, -0.1) is 11.3 Å². The predicted octanol–water partition coefficient (Wildman–Crippen LogP) is 3.04. The van der Waals surface area contributed by atoms with E-state index >= 15 is 0 Å². The van der Waals surface area contributed by atoms with Crippen molar-refractivity contribution in [2.24, 2.45) is 0 Å². The first kappa shape index (κ1) is 8.38. The van der Waals surface area contributed by atoms with Gasteiger partial charge in [-0.25, -0.2) is 0 Å². The first-order valence-corrected chi connectivity index (χ1v) is 6.61. The minimum atomic E-state index is -0.848. The molecule has 0 aliphatic carbocycles. The van der Waals surface area contributed by atoms with Crippen LogP contribution in [-0.2, 0) is 10.8 Å². The Morgan fingerprint density at radius 3 is 3.14 bits per heavy atom. The van der Waals surface area contributed by atoms with Gasteiger partial charge in [0.1, 0.15) is 0 Å². The maximum atomic E-state index is 11.9. The van der Waals surface area contributed by atoms with E-state index in [9.17, 15) is 4.21 Å². The SMILES string of the molecule is O=S1CC=Cc2ccc3sccc3c21. The van der Waals surface area contributed by atoms with Crippen LogP contribution >= 0.6 is 11.3 Å². The average Bonchev–Trinajstić information content (AvgIpc) is 2.65. The Morgan fingerprint density at radius 2 is 2.21 bits per heavy atom. The van der Waals surface area contributed by atoms with Crippen LogP contribution in [0, 0.1) is 0 Å². The summed E-state index contributed by atoms with van der Waals surface area (Å²) in [5.41, 5.74) is 1.11. The molecule has 0 radical (unpaired) electrons. The zero-order valence-electron chi connectivity index (χ0n) is 7.40. The number of hydrogen-bond acceptors (Lipinski definition) is 2. The minimum Gasteiger partial charge on any atom is -0.254 e. The molecule has 1 aromatic carbocycles. The van der Waals surface area contributed by atoms with Crippen molar-refractivity contribution in [2.75, 3.05) is 5.75 Å². The lowest BCUT2D eigenvalue weighted by Crippen LogP contribution is -2.02. The number of fused-ring (bicyclic) bond motifs is 3. The lowest BCUT2D eigenvalue weighted by Gasteiger charge is -2.10. The topological polar surface area (TPSA) is 17.1 Å². The fourth-order valence-electron chi connectivity index (χ4n) is 1.77. The third-order valence-corrected chi connectivity index (χ3v) is 4.68. The van der Waals surface area contributed by atoms with Crippen molar-refractivity contribution in [1.82, 2.24) is 0 Å². The smallest absolute Gasteiger partial charge is 0.0580 e. The summed E-state index contributed by atoms with van der Waals surface area (Å²) in [5, 5.41) is 3.22. The molecule has 2 aromatic rings. The minimum absolute atomic E-state index is 0.655. The average molecular weight is 220 g/mol. The molecular weight excluding hydrogens is 212 g/mol. The Kier molecular flexibility index (Phi) is 1.82. The summed E-state index contributed by atoms with van der Waals surface area (Å²) in [5.74, 6) is 0.655. The van der Waals surface area contributed by atoms with Crippen LogP contribution in [0.3, 0.4) is 0 Å². The molecule has 3 rings (SSSR count). The van der Waals surface area contributed by atoms with Crippen LogP contribution in [0.15, 0.2) is 34.6 Å². The molecular formula is C11H8OS2. The largest absolute Gasteiger partial charge is 0.254 e. The van der Waals surface area contributed by atoms with E-state index in [0.29, 0.717) is 5.75 Å². The Bertz CT molecular complexity index is 551. The van der Waals surface area contributed by atoms with Gasteiger partial charge in [-0.05, 0) is 23.1 Å². The van der Waals surface area contributed by atoms with Gasteiger partial charge in [0.15, 0.2) is 0 Å². The van der Waals surface area contributed by atoms with E-state index in [4.69, 9.17) is 0 Å². The predicted molar refractivity (Wildman–Crippen MR) is 62.1 cm³/mol. The van der Waals surface area contributed by atoms with Gasteiger partial charge in [0.25, 0.3) is 0 Å². The second kappa shape index (κ2) is 3.04. The van der Waals surface area contributed by atoms with Crippen LogP contribution in [-0.4, -0.2) is 9.96 Å². The molecule has 2 heterocycles. The van der Waals surface area contributed by atoms with Crippen LogP contribution in [0.5, 0.6) is 0 Å². The first-order chi connectivity index (χ1) is 6.86. The van der Waals surface area contributed by atoms with Gasteiger partial charge in [0, 0.05) is 15.8 Å². The van der Waals surface area contributed by atoms with Crippen molar-refractivity contribution in [3.63, 3.8) is 0 Å². The lowest BCUT2D eigenvalue weighted by atomic mass is 10.1. The molecule has 0 spiro atoms. The highest BCUT2D eigenvalue weighted by Crippen LogP contribution is 2.32. The van der Waals surface area contributed by atoms with Crippen LogP contribution in [0.4, 0.5) is 0 Å². The van der Waals surface area contributed by atoms with Gasteiger partial charge in [0.2, 0.25) is 0 Å². The van der Waals surface area contributed by atoms with Crippen molar-refractivity contribution >= 4 is 38.3 Å². The first-order valence-electron chi connectivity index (χ1n) is 4.41. The fourth-order valence-corrected chi connectivity index (χ4v) is 3.88. The van der Waals surface area contributed by atoms with Crippen molar-refractivity contribution in [3.05, 3.63) is 35.2 Å². The maximum Gasteiger partial charge on any atom is 0.0580 e. The summed E-state index contributed by atoms with van der Waals surface area (Å²) in [6, 6.07) is 6.23. The molecule has 0 N–H and O–H groups in total. The second-order valence-electron chi connectivity index (χ2n) is 3.23. The number of hydrogen-bond donors (Lipinski definition) is 0. The molecule has 0 saturated heterocycles. The highest BCUT2D eigenvalue weighted by atomic mass is 32.2. The summed E-state index contributed by atoms with van der Waals surface area (Å²) < 4.78 is 13.1. The number of thiophene rings is 1. The van der Waals surface area contributed by atoms with E-state index in [-0.39, 0.29) is 0 Å². The van der Waals surface area contributed by atoms with Crippen molar-refractivity contribution in [1.29, 1.82) is 0 Å². The monoisotopic (exact) mass is 220 g/mol. The van der Waals surface area contributed by atoms with E-state index in [1.165, 1.54) is 4.70 Å². The van der Waals surface area contributed by atoms with Crippen LogP contribution in [0.2, 0.25) is 0 Å². The van der Waals surface area contributed by atoms with Gasteiger partial charge < -0.3 is 0 Å². The molecule has 14 heavy (non-hydrogen) atoms. The zero-order chi connectivity index (χ0) is 9.54. The van der Waals surface area contributed by atoms with Crippen molar-refractivity contribution < 1.29 is 4.21 Å². The van der Waals surface area contributed by atoms with Gasteiger partial charge in [0.05, 0.1) is 15.7 Å². The normalized spacial score (nSPS) is 19.9. The van der Waals surface area contributed by atoms with Gasteiger partial charge in [-0.3, -0.25) is 4.21 Å². The summed E-state index contributed by atoms with van der Waals surface area (Å²) >= 11 is 1.70. The fraction of sp³-hybridized carbons (Fsp3) is 0.0909. The Balaban J connectivity index is 2.47. The van der Waals surface area contributed by atoms with E-state index in [1.807, 2.05) is 6.08 Å². The molecule has 0 saturated carbocycles. The van der Waals surface area contributed by atoms with Crippen LogP contribution in [0.1, 0.15) is 5.56 Å². The highest BCUT2D eigenvalue weighted by Gasteiger charge is 2.15. The van der Waals surface area contributed by atoms with Crippen molar-refractivity contribution in [3.8, 4) is 0 Å². The summed E-state index contributed by atoms with van der Waals surface area (Å²) in [4.78, 5) is 1.02. The molecule has 1 aliphatic rings. The third-order valence-electron chi connectivity index (χ3n) is 2.39. The quantitative estimate of drug-likeness (QED) is 0.667. The van der Waals surface area contributed by atoms with Gasteiger partial charge in [-0.2, -0.15) is 0 Å². The van der Waals surface area contributed by atoms with Crippen molar-refractivity contribution in [2.45, 2.75) is 4.90 Å².